The molecule has 6 heteroatoms. The second-order valence-corrected chi connectivity index (χ2v) is 22.7. The smallest absolute Gasteiger partial charge is 0.192 e. The molecule has 0 unspecified atom stereocenters. The van der Waals surface area contributed by atoms with Crippen LogP contribution in [0.25, 0.3) is 0 Å². The van der Waals surface area contributed by atoms with E-state index in [1.54, 1.807) is 0 Å². The Labute approximate surface area is 195 Å². The summed E-state index contributed by atoms with van der Waals surface area (Å²) in [6.07, 6.45) is 6.80. The lowest BCUT2D eigenvalue weighted by molar-refractivity contribution is -0.178. The van der Waals surface area contributed by atoms with Gasteiger partial charge in [0.25, 0.3) is 0 Å². The maximum absolute atomic E-state index is 7.02. The molecule has 0 aliphatic carbocycles. The highest BCUT2D eigenvalue weighted by Gasteiger charge is 2.48. The third-order valence-electron chi connectivity index (χ3n) is 8.52. The van der Waals surface area contributed by atoms with Gasteiger partial charge in [0, 0.05) is 13.2 Å². The summed E-state index contributed by atoms with van der Waals surface area (Å²) >= 11 is 0. The topological polar surface area (TPSA) is 36.9 Å². The molecule has 0 N–H and O–H groups in total. The zero-order chi connectivity index (χ0) is 23.7. The van der Waals surface area contributed by atoms with Gasteiger partial charge in [0.2, 0.25) is 0 Å². The molecule has 2 saturated heterocycles. The van der Waals surface area contributed by atoms with Gasteiger partial charge in [-0.15, -0.1) is 0 Å². The molecule has 0 radical (unpaired) electrons. The van der Waals surface area contributed by atoms with Gasteiger partial charge in [-0.05, 0) is 81.7 Å². The minimum absolute atomic E-state index is 0.121. The Bertz CT molecular complexity index is 579. The average molecular weight is 473 g/mol. The largest absolute Gasteiger partial charge is 0.417 e. The molecule has 0 aromatic rings. The molecule has 2 rings (SSSR count). The van der Waals surface area contributed by atoms with E-state index in [4.69, 9.17) is 18.3 Å². The van der Waals surface area contributed by atoms with E-state index in [-0.39, 0.29) is 34.0 Å². The van der Waals surface area contributed by atoms with Crippen molar-refractivity contribution in [1.29, 1.82) is 0 Å². The zero-order valence-electron chi connectivity index (χ0n) is 22.5. The predicted octanol–water partition coefficient (Wildman–Crippen LogP) is 7.30. The Kier molecular flexibility index (Phi) is 8.76. The van der Waals surface area contributed by atoms with Gasteiger partial charge < -0.3 is 18.3 Å². The van der Waals surface area contributed by atoms with Crippen LogP contribution in [0.3, 0.4) is 0 Å². The fourth-order valence-electron chi connectivity index (χ4n) is 4.16. The van der Waals surface area contributed by atoms with Gasteiger partial charge in [-0.3, -0.25) is 0 Å². The highest BCUT2D eigenvalue weighted by Crippen LogP contribution is 2.43. The summed E-state index contributed by atoms with van der Waals surface area (Å²) in [5.41, 5.74) is -0.285. The molecule has 184 valence electrons. The minimum atomic E-state index is -1.90. The van der Waals surface area contributed by atoms with E-state index in [2.05, 4.69) is 74.7 Å². The van der Waals surface area contributed by atoms with E-state index in [0.29, 0.717) is 0 Å². The van der Waals surface area contributed by atoms with Crippen LogP contribution in [0.1, 0.15) is 87.0 Å². The van der Waals surface area contributed by atoms with Crippen molar-refractivity contribution in [3.63, 3.8) is 0 Å². The van der Waals surface area contributed by atoms with Crippen LogP contribution in [0.15, 0.2) is 0 Å². The molecule has 2 aliphatic heterocycles. The van der Waals surface area contributed by atoms with E-state index in [9.17, 15) is 0 Å². The van der Waals surface area contributed by atoms with E-state index in [1.165, 1.54) is 0 Å². The minimum Gasteiger partial charge on any atom is -0.417 e. The maximum atomic E-state index is 7.02. The van der Waals surface area contributed by atoms with Gasteiger partial charge in [0.15, 0.2) is 16.6 Å². The Morgan fingerprint density at radius 3 is 2.06 bits per heavy atom. The Balaban J connectivity index is 2.13. The highest BCUT2D eigenvalue weighted by atomic mass is 28.4. The van der Waals surface area contributed by atoms with Crippen LogP contribution in [0.2, 0.25) is 36.3 Å². The first-order chi connectivity index (χ1) is 14.0. The van der Waals surface area contributed by atoms with Crippen LogP contribution in [0, 0.1) is 0 Å². The van der Waals surface area contributed by atoms with Crippen molar-refractivity contribution in [2.24, 2.45) is 0 Å². The summed E-state index contributed by atoms with van der Waals surface area (Å²) in [5.74, 6) is 0. The molecule has 0 spiro atoms. The van der Waals surface area contributed by atoms with Crippen molar-refractivity contribution in [2.45, 2.75) is 147 Å². The first kappa shape index (κ1) is 27.5. The van der Waals surface area contributed by atoms with Crippen LogP contribution in [-0.2, 0) is 18.3 Å². The summed E-state index contributed by atoms with van der Waals surface area (Å²) in [7, 11) is -3.62. The summed E-state index contributed by atoms with van der Waals surface area (Å²) < 4.78 is 26.5. The van der Waals surface area contributed by atoms with Gasteiger partial charge in [-0.25, -0.2) is 0 Å². The normalized spacial score (nSPS) is 31.3. The van der Waals surface area contributed by atoms with Crippen molar-refractivity contribution in [3.8, 4) is 0 Å². The predicted molar refractivity (Wildman–Crippen MR) is 136 cm³/mol. The molecule has 2 heterocycles. The maximum Gasteiger partial charge on any atom is 0.192 e. The summed E-state index contributed by atoms with van der Waals surface area (Å²) in [5, 5.41) is 0.436. The van der Waals surface area contributed by atoms with Crippen molar-refractivity contribution in [2.75, 3.05) is 13.2 Å². The molecule has 2 aliphatic rings. The van der Waals surface area contributed by atoms with Crippen molar-refractivity contribution in [1.82, 2.24) is 0 Å². The number of hydrogen-bond donors (Lipinski definition) is 0. The van der Waals surface area contributed by atoms with Crippen molar-refractivity contribution < 1.29 is 18.3 Å². The highest BCUT2D eigenvalue weighted by molar-refractivity contribution is 6.74. The summed E-state index contributed by atoms with van der Waals surface area (Å²) in [6.45, 7) is 27.3. The second-order valence-electron chi connectivity index (χ2n) is 13.2. The molecule has 2 fully saturated rings. The average Bonchev–Trinajstić information content (AvgIpc) is 2.74. The summed E-state index contributed by atoms with van der Waals surface area (Å²) in [6, 6.07) is 0. The molecule has 31 heavy (non-hydrogen) atoms. The molecule has 0 aromatic carbocycles. The van der Waals surface area contributed by atoms with Crippen molar-refractivity contribution in [3.05, 3.63) is 0 Å². The molecule has 0 bridgehead atoms. The lowest BCUT2D eigenvalue weighted by Gasteiger charge is -2.46. The number of ether oxygens (including phenoxy) is 2. The van der Waals surface area contributed by atoms with E-state index in [0.717, 1.165) is 51.7 Å². The molecule has 0 aromatic heterocycles. The van der Waals surface area contributed by atoms with Gasteiger partial charge >= 0.3 is 0 Å². The molecule has 4 atom stereocenters. The molecular weight excluding hydrogens is 420 g/mol. The molecular formula is C25H52O4Si2. The van der Waals surface area contributed by atoms with E-state index < -0.39 is 16.6 Å². The summed E-state index contributed by atoms with van der Waals surface area (Å²) in [4.78, 5) is 0. The third-order valence-corrected chi connectivity index (χ3v) is 17.5. The molecule has 4 nitrogen and oxygen atoms in total. The van der Waals surface area contributed by atoms with Gasteiger partial charge in [-0.1, -0.05) is 41.5 Å². The van der Waals surface area contributed by atoms with E-state index >= 15 is 0 Å². The van der Waals surface area contributed by atoms with Crippen LogP contribution < -0.4 is 0 Å². The lowest BCUT2D eigenvalue weighted by Crippen LogP contribution is -2.53. The fourth-order valence-corrected chi connectivity index (χ4v) is 6.68. The number of rotatable bonds is 7. The first-order valence-corrected chi connectivity index (χ1v) is 18.4. The SMILES string of the molecule is CC(C)(C)[Si](C)(C)OCCC[C@@]1(C)O[C@H]2CCCO[C@@H]2CC[C@@H]1O[Si](C)(C)C(C)(C)C. The fraction of sp³-hybridized carbons (Fsp3) is 1.00. The molecule has 0 amide bonds. The third kappa shape index (κ3) is 6.89. The quantitative estimate of drug-likeness (QED) is 0.288. The van der Waals surface area contributed by atoms with Crippen molar-refractivity contribution >= 4 is 16.6 Å². The van der Waals surface area contributed by atoms with Crippen LogP contribution in [0.5, 0.6) is 0 Å². The second kappa shape index (κ2) is 9.87. The lowest BCUT2D eigenvalue weighted by atomic mass is 9.91. The number of fused-ring (bicyclic) bond motifs is 1. The van der Waals surface area contributed by atoms with Crippen LogP contribution in [-0.4, -0.2) is 53.8 Å². The standard InChI is InChI=1S/C25H52O4Si2/c1-23(2,3)30(8,9)27-19-13-17-25(7)22(29-31(10,11)24(4,5)6)16-15-20-21(28-25)14-12-18-26-20/h20-22H,12-19H2,1-11H3/t20-,21+,22+,25-/m1/s1. The Hall–Kier alpha value is 0.274. The Morgan fingerprint density at radius 1 is 0.871 bits per heavy atom. The zero-order valence-corrected chi connectivity index (χ0v) is 24.5. The molecule has 0 saturated carbocycles. The van der Waals surface area contributed by atoms with Gasteiger partial charge in [0.1, 0.15) is 0 Å². The van der Waals surface area contributed by atoms with E-state index in [1.807, 2.05) is 0 Å². The first-order valence-electron chi connectivity index (χ1n) is 12.6. The Morgan fingerprint density at radius 2 is 1.48 bits per heavy atom. The van der Waals surface area contributed by atoms with Crippen LogP contribution >= 0.6 is 0 Å². The van der Waals surface area contributed by atoms with Crippen LogP contribution in [0.4, 0.5) is 0 Å². The number of hydrogen-bond acceptors (Lipinski definition) is 4. The van der Waals surface area contributed by atoms with Gasteiger partial charge in [-0.2, -0.15) is 0 Å². The monoisotopic (exact) mass is 472 g/mol. The van der Waals surface area contributed by atoms with Gasteiger partial charge in [0.05, 0.1) is 23.9 Å².